The van der Waals surface area contributed by atoms with E-state index in [9.17, 15) is 4.79 Å². The molecule has 1 fully saturated rings. The lowest BCUT2D eigenvalue weighted by atomic mass is 9.75. The van der Waals surface area contributed by atoms with Gasteiger partial charge < -0.3 is 14.4 Å². The smallest absolute Gasteiger partial charge is 0.465 e. The van der Waals surface area contributed by atoms with Gasteiger partial charge in [-0.25, -0.2) is 4.79 Å². The van der Waals surface area contributed by atoms with Gasteiger partial charge in [-0.2, -0.15) is 0 Å². The first-order valence-corrected chi connectivity index (χ1v) is 7.83. The van der Waals surface area contributed by atoms with Gasteiger partial charge in [0.2, 0.25) is 0 Å². The SMILES string of the molecule is CC(C)(C)c1cc(B2OC(C)(C)C(C)(C)O2)ccc1NC(=O)O. The maximum absolute atomic E-state index is 11.0. The number of rotatable bonds is 2. The van der Waals surface area contributed by atoms with E-state index in [2.05, 4.69) is 5.32 Å². The van der Waals surface area contributed by atoms with Crippen LogP contribution < -0.4 is 10.8 Å². The third-order valence-corrected chi connectivity index (χ3v) is 4.62. The zero-order valence-electron chi connectivity index (χ0n) is 15.0. The van der Waals surface area contributed by atoms with E-state index in [1.165, 1.54) is 0 Å². The van der Waals surface area contributed by atoms with Gasteiger partial charge in [-0.3, -0.25) is 5.32 Å². The first-order valence-electron chi connectivity index (χ1n) is 7.83. The van der Waals surface area contributed by atoms with Crippen LogP contribution in [0.2, 0.25) is 0 Å². The van der Waals surface area contributed by atoms with Gasteiger partial charge in [0.15, 0.2) is 0 Å². The molecule has 126 valence electrons. The molecule has 0 bridgehead atoms. The number of hydrogen-bond acceptors (Lipinski definition) is 3. The van der Waals surface area contributed by atoms with Crippen molar-refractivity contribution in [3.63, 3.8) is 0 Å². The van der Waals surface area contributed by atoms with E-state index in [1.54, 1.807) is 6.07 Å². The summed E-state index contributed by atoms with van der Waals surface area (Å²) in [6.45, 7) is 14.2. The van der Waals surface area contributed by atoms with Crippen molar-refractivity contribution in [2.75, 3.05) is 5.32 Å². The Morgan fingerprint density at radius 2 is 1.65 bits per heavy atom. The number of carboxylic acid groups (broad SMARTS) is 1. The molecule has 23 heavy (non-hydrogen) atoms. The fourth-order valence-electron chi connectivity index (χ4n) is 2.53. The Kier molecular flexibility index (Phi) is 4.28. The molecule has 2 rings (SSSR count). The Labute approximate surface area is 138 Å². The minimum absolute atomic E-state index is 0.211. The van der Waals surface area contributed by atoms with Crippen LogP contribution in [0.4, 0.5) is 10.5 Å². The quantitative estimate of drug-likeness (QED) is 0.820. The maximum atomic E-state index is 11.0. The van der Waals surface area contributed by atoms with Gasteiger partial charge in [0.05, 0.1) is 11.2 Å². The van der Waals surface area contributed by atoms with E-state index in [0.717, 1.165) is 11.0 Å². The van der Waals surface area contributed by atoms with E-state index in [-0.39, 0.29) is 5.41 Å². The number of hydrogen-bond donors (Lipinski definition) is 2. The standard InChI is InChI=1S/C17H26BNO4/c1-15(2,3)12-10-11(8-9-13(12)19-14(20)21)18-22-16(4,5)17(6,7)23-18/h8-10,19H,1-7H3,(H,20,21). The molecule has 0 saturated carbocycles. The molecular weight excluding hydrogens is 293 g/mol. The van der Waals surface area contributed by atoms with E-state index in [0.29, 0.717) is 5.69 Å². The molecule has 1 saturated heterocycles. The molecule has 6 heteroatoms. The Morgan fingerprint density at radius 3 is 2.09 bits per heavy atom. The molecule has 0 aliphatic carbocycles. The predicted octanol–water partition coefficient (Wildman–Crippen LogP) is 3.37. The summed E-state index contributed by atoms with van der Waals surface area (Å²) in [6, 6.07) is 5.59. The molecule has 0 radical (unpaired) electrons. The highest BCUT2D eigenvalue weighted by atomic mass is 16.7. The van der Waals surface area contributed by atoms with E-state index >= 15 is 0 Å². The van der Waals surface area contributed by atoms with E-state index in [1.807, 2.05) is 60.6 Å². The van der Waals surface area contributed by atoms with Crippen LogP contribution in [0.25, 0.3) is 0 Å². The number of benzene rings is 1. The number of nitrogens with one attached hydrogen (secondary N) is 1. The van der Waals surface area contributed by atoms with Crippen molar-refractivity contribution in [1.82, 2.24) is 0 Å². The molecule has 0 spiro atoms. The molecule has 0 aromatic heterocycles. The first kappa shape index (κ1) is 17.8. The van der Waals surface area contributed by atoms with Gasteiger partial charge in [0, 0.05) is 5.69 Å². The van der Waals surface area contributed by atoms with Crippen molar-refractivity contribution in [2.24, 2.45) is 0 Å². The topological polar surface area (TPSA) is 67.8 Å². The van der Waals surface area contributed by atoms with Crippen molar-refractivity contribution >= 4 is 24.4 Å². The first-order chi connectivity index (χ1) is 10.3. The molecule has 1 heterocycles. The molecule has 0 unspecified atom stereocenters. The van der Waals surface area contributed by atoms with Gasteiger partial charge in [-0.1, -0.05) is 32.9 Å². The fraction of sp³-hybridized carbons (Fsp3) is 0.588. The molecule has 1 aromatic carbocycles. The van der Waals surface area contributed by atoms with Gasteiger partial charge in [0.25, 0.3) is 0 Å². The molecule has 1 aromatic rings. The zero-order chi connectivity index (χ0) is 17.6. The summed E-state index contributed by atoms with van der Waals surface area (Å²) in [5, 5.41) is 11.5. The van der Waals surface area contributed by atoms with Crippen LogP contribution in [-0.4, -0.2) is 29.5 Å². The normalized spacial score (nSPS) is 19.7. The van der Waals surface area contributed by atoms with Crippen molar-refractivity contribution in [1.29, 1.82) is 0 Å². The second-order valence-corrected chi connectivity index (χ2v) is 8.07. The minimum Gasteiger partial charge on any atom is -0.465 e. The number of anilines is 1. The maximum Gasteiger partial charge on any atom is 0.494 e. The summed E-state index contributed by atoms with van der Waals surface area (Å²) in [5.74, 6) is 0. The summed E-state index contributed by atoms with van der Waals surface area (Å²) < 4.78 is 12.2. The second-order valence-electron chi connectivity index (χ2n) is 8.07. The van der Waals surface area contributed by atoms with Crippen molar-refractivity contribution in [2.45, 2.75) is 65.1 Å². The van der Waals surface area contributed by atoms with Crippen molar-refractivity contribution in [3.05, 3.63) is 23.8 Å². The second kappa shape index (κ2) is 5.53. The molecule has 1 aliphatic rings. The number of carbonyl (C=O) groups is 1. The van der Waals surface area contributed by atoms with Crippen LogP contribution in [0.5, 0.6) is 0 Å². The average molecular weight is 319 g/mol. The minimum atomic E-state index is -1.07. The molecule has 5 nitrogen and oxygen atoms in total. The van der Waals surface area contributed by atoms with Crippen molar-refractivity contribution in [3.8, 4) is 0 Å². The number of amides is 1. The highest BCUT2D eigenvalue weighted by molar-refractivity contribution is 6.62. The average Bonchev–Trinajstić information content (AvgIpc) is 2.56. The van der Waals surface area contributed by atoms with Crippen LogP contribution >= 0.6 is 0 Å². The lowest BCUT2D eigenvalue weighted by molar-refractivity contribution is 0.00578. The Morgan fingerprint density at radius 1 is 1.13 bits per heavy atom. The molecule has 1 aliphatic heterocycles. The molecular formula is C17H26BNO4. The highest BCUT2D eigenvalue weighted by Gasteiger charge is 2.51. The van der Waals surface area contributed by atoms with Crippen LogP contribution in [0.15, 0.2) is 18.2 Å². The van der Waals surface area contributed by atoms with Gasteiger partial charge in [-0.05, 0) is 50.2 Å². The third-order valence-electron chi connectivity index (χ3n) is 4.62. The van der Waals surface area contributed by atoms with Crippen LogP contribution in [0, 0.1) is 0 Å². The van der Waals surface area contributed by atoms with Gasteiger partial charge >= 0.3 is 13.2 Å². The predicted molar refractivity (Wildman–Crippen MR) is 92.5 cm³/mol. The van der Waals surface area contributed by atoms with E-state index < -0.39 is 24.4 Å². The molecule has 1 amide bonds. The summed E-state index contributed by atoms with van der Waals surface area (Å²) in [5.41, 5.74) is 1.37. The third kappa shape index (κ3) is 3.53. The molecule has 2 N–H and O–H groups in total. The Hall–Kier alpha value is -1.53. The highest BCUT2D eigenvalue weighted by Crippen LogP contribution is 2.37. The van der Waals surface area contributed by atoms with Crippen LogP contribution in [0.3, 0.4) is 0 Å². The monoisotopic (exact) mass is 319 g/mol. The van der Waals surface area contributed by atoms with E-state index in [4.69, 9.17) is 14.4 Å². The van der Waals surface area contributed by atoms with Crippen LogP contribution in [-0.2, 0) is 14.7 Å². The van der Waals surface area contributed by atoms with Crippen molar-refractivity contribution < 1.29 is 19.2 Å². The van der Waals surface area contributed by atoms with Gasteiger partial charge in [-0.15, -0.1) is 0 Å². The fourth-order valence-corrected chi connectivity index (χ4v) is 2.53. The van der Waals surface area contributed by atoms with Crippen LogP contribution in [0.1, 0.15) is 54.0 Å². The van der Waals surface area contributed by atoms with Gasteiger partial charge in [0.1, 0.15) is 0 Å². The lowest BCUT2D eigenvalue weighted by Gasteiger charge is -2.32. The zero-order valence-corrected chi connectivity index (χ0v) is 15.0. The lowest BCUT2D eigenvalue weighted by Crippen LogP contribution is -2.41. The summed E-state index contributed by atoms with van der Waals surface area (Å²) in [4.78, 5) is 11.0. The molecule has 0 atom stereocenters. The Bertz CT molecular complexity index is 604. The Balaban J connectivity index is 2.41. The summed E-state index contributed by atoms with van der Waals surface area (Å²) in [7, 11) is -0.458. The summed E-state index contributed by atoms with van der Waals surface area (Å²) >= 11 is 0. The largest absolute Gasteiger partial charge is 0.494 e. The summed E-state index contributed by atoms with van der Waals surface area (Å²) in [6.07, 6.45) is -1.07.